The van der Waals surface area contributed by atoms with E-state index in [1.807, 2.05) is 24.3 Å². The van der Waals surface area contributed by atoms with Gasteiger partial charge in [-0.25, -0.2) is 4.68 Å². The molecule has 0 radical (unpaired) electrons. The van der Waals surface area contributed by atoms with E-state index in [4.69, 9.17) is 5.26 Å². The number of aromatic nitrogens is 3. The number of nitrogens with zero attached hydrogens (tertiary/aromatic N) is 5. The molecule has 0 bridgehead atoms. The van der Waals surface area contributed by atoms with Crippen LogP contribution in [0.2, 0.25) is 0 Å². The average molecular weight is 267 g/mol. The molecule has 0 aliphatic carbocycles. The molecule has 1 aliphatic rings. The summed E-state index contributed by atoms with van der Waals surface area (Å²) in [5.74, 6) is -0.00565. The Balaban J connectivity index is 1.74. The van der Waals surface area contributed by atoms with E-state index in [1.165, 1.54) is 0 Å². The first kappa shape index (κ1) is 12.4. The van der Waals surface area contributed by atoms with E-state index >= 15 is 0 Å². The predicted octanol–water partition coefficient (Wildman–Crippen LogP) is 1.11. The van der Waals surface area contributed by atoms with Gasteiger partial charge in [0.05, 0.1) is 11.6 Å². The number of fused-ring (bicyclic) bond motifs is 1. The zero-order valence-electron chi connectivity index (χ0n) is 10.9. The van der Waals surface area contributed by atoms with E-state index < -0.39 is 0 Å². The zero-order chi connectivity index (χ0) is 13.9. The molecular weight excluding hydrogens is 254 g/mol. The first-order chi connectivity index (χ1) is 9.78. The van der Waals surface area contributed by atoms with E-state index in [2.05, 4.69) is 16.4 Å². The van der Waals surface area contributed by atoms with Crippen LogP contribution in [-0.4, -0.2) is 38.9 Å². The molecule has 3 rings (SSSR count). The average Bonchev–Trinajstić information content (AvgIpc) is 2.91. The molecule has 6 nitrogen and oxygen atoms in total. The van der Waals surface area contributed by atoms with Crippen LogP contribution in [0, 0.1) is 11.3 Å². The Labute approximate surface area is 115 Å². The highest BCUT2D eigenvalue weighted by atomic mass is 16.2. The number of amides is 1. The molecule has 0 saturated carbocycles. The van der Waals surface area contributed by atoms with Gasteiger partial charge in [-0.05, 0) is 18.6 Å². The molecule has 2 aromatic rings. The predicted molar refractivity (Wildman–Crippen MR) is 72.4 cm³/mol. The van der Waals surface area contributed by atoms with Crippen molar-refractivity contribution >= 4 is 16.9 Å². The fraction of sp³-hybridized carbons (Fsp3) is 0.286. The summed E-state index contributed by atoms with van der Waals surface area (Å²) in [5, 5.41) is 16.8. The van der Waals surface area contributed by atoms with E-state index in [0.29, 0.717) is 19.5 Å². The Kier molecular flexibility index (Phi) is 3.17. The van der Waals surface area contributed by atoms with Crippen molar-refractivity contribution < 1.29 is 4.79 Å². The minimum absolute atomic E-state index is 0.00565. The molecule has 0 atom stereocenters. The van der Waals surface area contributed by atoms with Crippen LogP contribution >= 0.6 is 0 Å². The quantitative estimate of drug-likeness (QED) is 0.817. The maximum atomic E-state index is 12.2. The van der Waals surface area contributed by atoms with Crippen LogP contribution in [0.5, 0.6) is 0 Å². The highest BCUT2D eigenvalue weighted by Gasteiger charge is 2.18. The van der Waals surface area contributed by atoms with Crippen molar-refractivity contribution in [2.45, 2.75) is 13.0 Å². The lowest BCUT2D eigenvalue weighted by Crippen LogP contribution is -2.37. The van der Waals surface area contributed by atoms with Crippen LogP contribution in [0.15, 0.2) is 35.9 Å². The van der Waals surface area contributed by atoms with Crippen LogP contribution in [0.1, 0.15) is 6.42 Å². The molecule has 0 saturated heterocycles. The molecule has 100 valence electrons. The van der Waals surface area contributed by atoms with Gasteiger partial charge < -0.3 is 4.90 Å². The number of para-hydroxylation sites is 1. The van der Waals surface area contributed by atoms with Gasteiger partial charge in [0.25, 0.3) is 0 Å². The number of hydrogen-bond donors (Lipinski definition) is 0. The molecule has 0 unspecified atom stereocenters. The molecule has 1 amide bonds. The maximum absolute atomic E-state index is 12.2. The summed E-state index contributed by atoms with van der Waals surface area (Å²) in [6.07, 6.45) is 2.43. The standard InChI is InChI=1S/C14H13N5O/c15-9-11-5-7-18(8-6-11)14(20)10-19-13-4-2-1-3-12(13)16-17-19/h1-5H,6-8,10H2. The van der Waals surface area contributed by atoms with Crippen LogP contribution in [0.3, 0.4) is 0 Å². The topological polar surface area (TPSA) is 74.8 Å². The van der Waals surface area contributed by atoms with Crippen molar-refractivity contribution in [1.29, 1.82) is 5.26 Å². The van der Waals surface area contributed by atoms with Crippen LogP contribution < -0.4 is 0 Å². The van der Waals surface area contributed by atoms with Gasteiger partial charge in [0, 0.05) is 18.7 Å². The summed E-state index contributed by atoms with van der Waals surface area (Å²) >= 11 is 0. The van der Waals surface area contributed by atoms with Gasteiger partial charge in [-0.15, -0.1) is 5.10 Å². The Morgan fingerprint density at radius 2 is 2.25 bits per heavy atom. The van der Waals surface area contributed by atoms with Crippen molar-refractivity contribution in [3.05, 3.63) is 35.9 Å². The van der Waals surface area contributed by atoms with Crippen LogP contribution in [-0.2, 0) is 11.3 Å². The van der Waals surface area contributed by atoms with Crippen molar-refractivity contribution in [2.75, 3.05) is 13.1 Å². The second-order valence-electron chi connectivity index (χ2n) is 4.67. The SMILES string of the molecule is N#CC1=CCN(C(=O)Cn2nnc3ccccc32)CC1. The fourth-order valence-corrected chi connectivity index (χ4v) is 2.26. The summed E-state index contributed by atoms with van der Waals surface area (Å²) < 4.78 is 1.61. The van der Waals surface area contributed by atoms with Crippen molar-refractivity contribution in [3.63, 3.8) is 0 Å². The maximum Gasteiger partial charge on any atom is 0.244 e. The summed E-state index contributed by atoms with van der Waals surface area (Å²) in [4.78, 5) is 14.0. The fourth-order valence-electron chi connectivity index (χ4n) is 2.26. The molecule has 0 fully saturated rings. The minimum atomic E-state index is -0.00565. The Hall–Kier alpha value is -2.68. The van der Waals surface area contributed by atoms with Gasteiger partial charge >= 0.3 is 0 Å². The third-order valence-corrected chi connectivity index (χ3v) is 3.41. The first-order valence-electron chi connectivity index (χ1n) is 6.43. The van der Waals surface area contributed by atoms with E-state index in [0.717, 1.165) is 16.6 Å². The third-order valence-electron chi connectivity index (χ3n) is 3.41. The Bertz CT molecular complexity index is 724. The number of nitriles is 1. The molecule has 0 N–H and O–H groups in total. The van der Waals surface area contributed by atoms with E-state index in [9.17, 15) is 4.79 Å². The van der Waals surface area contributed by atoms with Crippen molar-refractivity contribution in [3.8, 4) is 6.07 Å². The molecule has 1 aromatic heterocycles. The second kappa shape index (κ2) is 5.13. The van der Waals surface area contributed by atoms with Crippen molar-refractivity contribution in [2.24, 2.45) is 0 Å². The lowest BCUT2D eigenvalue weighted by Gasteiger charge is -2.24. The van der Waals surface area contributed by atoms with Gasteiger partial charge in [0.15, 0.2) is 0 Å². The number of benzene rings is 1. The molecule has 2 heterocycles. The highest BCUT2D eigenvalue weighted by molar-refractivity contribution is 5.80. The molecule has 20 heavy (non-hydrogen) atoms. The van der Waals surface area contributed by atoms with Crippen LogP contribution in [0.4, 0.5) is 0 Å². The number of hydrogen-bond acceptors (Lipinski definition) is 4. The van der Waals surface area contributed by atoms with E-state index in [1.54, 1.807) is 15.7 Å². The van der Waals surface area contributed by atoms with Gasteiger partial charge in [-0.1, -0.05) is 23.4 Å². The minimum Gasteiger partial charge on any atom is -0.337 e. The molecule has 1 aromatic carbocycles. The smallest absolute Gasteiger partial charge is 0.244 e. The number of rotatable bonds is 2. The van der Waals surface area contributed by atoms with Gasteiger partial charge in [-0.3, -0.25) is 4.79 Å². The lowest BCUT2D eigenvalue weighted by atomic mass is 10.1. The van der Waals surface area contributed by atoms with Gasteiger partial charge in [0.2, 0.25) is 5.91 Å². The van der Waals surface area contributed by atoms with Gasteiger partial charge in [-0.2, -0.15) is 5.26 Å². The summed E-state index contributed by atoms with van der Waals surface area (Å²) in [6.45, 7) is 1.26. The van der Waals surface area contributed by atoms with Crippen molar-refractivity contribution in [1.82, 2.24) is 19.9 Å². The summed E-state index contributed by atoms with van der Waals surface area (Å²) in [5.41, 5.74) is 2.39. The largest absolute Gasteiger partial charge is 0.337 e. The number of carbonyl (C=O) groups is 1. The Morgan fingerprint density at radius 1 is 1.40 bits per heavy atom. The third kappa shape index (κ3) is 2.26. The summed E-state index contributed by atoms with van der Waals surface area (Å²) in [7, 11) is 0. The normalized spacial score (nSPS) is 14.9. The molecule has 0 spiro atoms. The monoisotopic (exact) mass is 267 g/mol. The lowest BCUT2D eigenvalue weighted by molar-refractivity contribution is -0.131. The number of carbonyl (C=O) groups excluding carboxylic acids is 1. The van der Waals surface area contributed by atoms with E-state index in [-0.39, 0.29) is 12.5 Å². The molecule has 1 aliphatic heterocycles. The molecular formula is C14H13N5O. The second-order valence-corrected chi connectivity index (χ2v) is 4.67. The van der Waals surface area contributed by atoms with Crippen LogP contribution in [0.25, 0.3) is 11.0 Å². The molecule has 6 heteroatoms. The van der Waals surface area contributed by atoms with Gasteiger partial charge in [0.1, 0.15) is 12.1 Å². The summed E-state index contributed by atoms with van der Waals surface area (Å²) in [6, 6.07) is 9.68. The Morgan fingerprint density at radius 3 is 3.00 bits per heavy atom. The highest BCUT2D eigenvalue weighted by Crippen LogP contribution is 2.12. The zero-order valence-corrected chi connectivity index (χ0v) is 10.9. The first-order valence-corrected chi connectivity index (χ1v) is 6.43.